The lowest BCUT2D eigenvalue weighted by Gasteiger charge is -2.18. The molecule has 61 heavy (non-hydrogen) atoms. The van der Waals surface area contributed by atoms with Crippen molar-refractivity contribution in [2.24, 2.45) is 0 Å². The van der Waals surface area contributed by atoms with Crippen molar-refractivity contribution in [2.75, 3.05) is 13.2 Å². The van der Waals surface area contributed by atoms with Gasteiger partial charge in [0, 0.05) is 19.3 Å². The highest BCUT2D eigenvalue weighted by atomic mass is 16.6. The van der Waals surface area contributed by atoms with E-state index in [1.807, 2.05) is 60.8 Å². The fraction of sp³-hybridized carbons (Fsp3) is 0.473. The predicted octanol–water partition coefficient (Wildman–Crippen LogP) is 15.1. The van der Waals surface area contributed by atoms with Crippen LogP contribution in [-0.4, -0.2) is 37.2 Å². The molecule has 6 nitrogen and oxygen atoms in total. The molecular weight excluding hydrogens is 757 g/mol. The Bertz CT molecular complexity index is 1470. The molecule has 0 amide bonds. The topological polar surface area (TPSA) is 78.9 Å². The van der Waals surface area contributed by atoms with Gasteiger partial charge in [-0.25, -0.2) is 0 Å². The zero-order valence-corrected chi connectivity index (χ0v) is 38.1. The van der Waals surface area contributed by atoms with Crippen LogP contribution >= 0.6 is 0 Å². The first-order valence-corrected chi connectivity index (χ1v) is 23.1. The molecule has 1 atom stereocenters. The molecule has 0 radical (unpaired) electrons. The quantitative estimate of drug-likeness (QED) is 0.0203. The normalized spacial score (nSPS) is 13.6. The molecule has 0 spiro atoms. The van der Waals surface area contributed by atoms with Gasteiger partial charge in [-0.15, -0.1) is 0 Å². The zero-order valence-electron chi connectivity index (χ0n) is 38.1. The molecule has 0 N–H and O–H groups in total. The van der Waals surface area contributed by atoms with Gasteiger partial charge in [-0.3, -0.25) is 14.4 Å². The zero-order chi connectivity index (χ0) is 44.4. The lowest BCUT2D eigenvalue weighted by molar-refractivity contribution is -0.166. The highest BCUT2D eigenvalue weighted by Crippen LogP contribution is 2.09. The highest BCUT2D eigenvalue weighted by molar-refractivity contribution is 5.71. The number of hydrogen-bond acceptors (Lipinski definition) is 6. The molecule has 0 aromatic heterocycles. The Labute approximate surface area is 371 Å². The Hall–Kier alpha value is -4.97. The molecular formula is C55H80O6. The van der Waals surface area contributed by atoms with Gasteiger partial charge in [0.05, 0.1) is 0 Å². The third-order valence-corrected chi connectivity index (χ3v) is 8.65. The van der Waals surface area contributed by atoms with E-state index < -0.39 is 6.10 Å². The van der Waals surface area contributed by atoms with E-state index in [1.54, 1.807) is 0 Å². The van der Waals surface area contributed by atoms with Crippen molar-refractivity contribution in [3.05, 3.63) is 158 Å². The predicted molar refractivity (Wildman–Crippen MR) is 260 cm³/mol. The van der Waals surface area contributed by atoms with Crippen LogP contribution in [0.2, 0.25) is 0 Å². The minimum absolute atomic E-state index is 0.144. The number of esters is 3. The Balaban J connectivity index is 4.62. The van der Waals surface area contributed by atoms with Gasteiger partial charge in [-0.1, -0.05) is 185 Å². The highest BCUT2D eigenvalue weighted by Gasteiger charge is 2.19. The summed E-state index contributed by atoms with van der Waals surface area (Å²) in [6.45, 7) is 6.07. The van der Waals surface area contributed by atoms with Crippen LogP contribution in [0.3, 0.4) is 0 Å². The fourth-order valence-electron chi connectivity index (χ4n) is 5.29. The number of carbonyl (C=O) groups is 3. The van der Waals surface area contributed by atoms with E-state index in [1.165, 1.54) is 0 Å². The number of hydrogen-bond donors (Lipinski definition) is 0. The van der Waals surface area contributed by atoms with Crippen LogP contribution in [-0.2, 0) is 28.6 Å². The Morgan fingerprint density at radius 3 is 1.21 bits per heavy atom. The number of unbranched alkanes of at least 4 members (excludes halogenated alkanes) is 5. The van der Waals surface area contributed by atoms with Crippen molar-refractivity contribution in [2.45, 2.75) is 155 Å². The minimum atomic E-state index is -0.850. The van der Waals surface area contributed by atoms with E-state index in [-0.39, 0.29) is 50.4 Å². The molecule has 0 heterocycles. The van der Waals surface area contributed by atoms with Crippen molar-refractivity contribution in [1.82, 2.24) is 0 Å². The third-order valence-electron chi connectivity index (χ3n) is 8.65. The molecule has 6 heteroatoms. The summed E-state index contributed by atoms with van der Waals surface area (Å²) in [6.07, 6.45) is 69.6. The Morgan fingerprint density at radius 1 is 0.344 bits per heavy atom. The summed E-state index contributed by atoms with van der Waals surface area (Å²) in [5.74, 6) is -1.13. The monoisotopic (exact) mass is 837 g/mol. The molecule has 0 aromatic carbocycles. The summed E-state index contributed by atoms with van der Waals surface area (Å²) in [6, 6.07) is 0. The lowest BCUT2D eigenvalue weighted by atomic mass is 10.1. The summed E-state index contributed by atoms with van der Waals surface area (Å²) < 4.78 is 16.5. The SMILES string of the molecule is CC\C=C/C=C\C=C/C=C\C=C/CCCCCC(=O)OC(COC(=O)CC/C=C\C/C=C\C/C=C\C/C=C\C/C=C\C/C=C\CC)COC(=O)CCCC/C=C\C/C=C\CC. The van der Waals surface area contributed by atoms with Crippen molar-refractivity contribution in [3.63, 3.8) is 0 Å². The Kier molecular flexibility index (Phi) is 43.8. The van der Waals surface area contributed by atoms with E-state index in [2.05, 4.69) is 118 Å². The van der Waals surface area contributed by atoms with E-state index in [4.69, 9.17) is 14.2 Å². The molecule has 0 saturated carbocycles. The van der Waals surface area contributed by atoms with Gasteiger partial charge in [0.25, 0.3) is 0 Å². The second-order valence-corrected chi connectivity index (χ2v) is 14.3. The van der Waals surface area contributed by atoms with Crippen LogP contribution in [0.25, 0.3) is 0 Å². The smallest absolute Gasteiger partial charge is 0.306 e. The van der Waals surface area contributed by atoms with E-state index in [0.717, 1.165) is 89.9 Å². The maximum atomic E-state index is 12.7. The summed E-state index contributed by atoms with van der Waals surface area (Å²) in [4.78, 5) is 37.7. The fourth-order valence-corrected chi connectivity index (χ4v) is 5.29. The van der Waals surface area contributed by atoms with Crippen LogP contribution < -0.4 is 0 Å². The van der Waals surface area contributed by atoms with Crippen molar-refractivity contribution in [3.8, 4) is 0 Å². The number of ether oxygens (including phenoxy) is 3. The maximum Gasteiger partial charge on any atom is 0.306 e. The van der Waals surface area contributed by atoms with Crippen LogP contribution in [0, 0.1) is 0 Å². The maximum absolute atomic E-state index is 12.7. The van der Waals surface area contributed by atoms with Gasteiger partial charge < -0.3 is 14.2 Å². The standard InChI is InChI=1S/C55H80O6/c1-4-7-10-13-16-19-21-23-25-26-27-28-30-31-33-36-39-42-45-48-54(57)60-51-52(50-59-53(56)47-44-41-38-35-18-15-12-9-6-3)61-55(58)49-46-43-40-37-34-32-29-24-22-20-17-14-11-8-5-2/h7-12,14,16-20,22-25,27-29,31-35,39,42,52H,4-6,13,15,21,26,30,36-38,40-41,43-51H2,1-3H3/b10-7-,11-8-,12-9-,17-14-,19-16-,22-20-,25-23-,28-27-,29-24-,33-31-,34-32-,35-18-,42-39-. The molecule has 0 rings (SSSR count). The van der Waals surface area contributed by atoms with Crippen LogP contribution in [0.4, 0.5) is 0 Å². The van der Waals surface area contributed by atoms with Crippen molar-refractivity contribution < 1.29 is 28.6 Å². The third kappa shape index (κ3) is 46.0. The number of rotatable bonds is 38. The molecule has 0 aromatic rings. The van der Waals surface area contributed by atoms with Gasteiger partial charge in [-0.05, 0) is 103 Å². The van der Waals surface area contributed by atoms with Crippen molar-refractivity contribution in [1.29, 1.82) is 0 Å². The average Bonchev–Trinajstić information content (AvgIpc) is 3.26. The summed E-state index contributed by atoms with van der Waals surface area (Å²) >= 11 is 0. The lowest BCUT2D eigenvalue weighted by Crippen LogP contribution is -2.30. The number of allylic oxidation sites excluding steroid dienone is 26. The van der Waals surface area contributed by atoms with Gasteiger partial charge >= 0.3 is 17.9 Å². The summed E-state index contributed by atoms with van der Waals surface area (Å²) in [5.41, 5.74) is 0. The second-order valence-electron chi connectivity index (χ2n) is 14.3. The minimum Gasteiger partial charge on any atom is -0.462 e. The molecule has 0 aliphatic heterocycles. The van der Waals surface area contributed by atoms with Gasteiger partial charge in [0.2, 0.25) is 0 Å². The Morgan fingerprint density at radius 2 is 0.705 bits per heavy atom. The first kappa shape index (κ1) is 56.0. The summed E-state index contributed by atoms with van der Waals surface area (Å²) in [5, 5.41) is 0. The number of carbonyl (C=O) groups excluding carboxylic acids is 3. The molecule has 0 fully saturated rings. The molecule has 0 aliphatic rings. The van der Waals surface area contributed by atoms with Gasteiger partial charge in [0.15, 0.2) is 6.10 Å². The van der Waals surface area contributed by atoms with Crippen molar-refractivity contribution >= 4 is 17.9 Å². The van der Waals surface area contributed by atoms with Crippen LogP contribution in [0.1, 0.15) is 149 Å². The molecule has 1 unspecified atom stereocenters. The average molecular weight is 837 g/mol. The van der Waals surface area contributed by atoms with E-state index in [9.17, 15) is 14.4 Å². The van der Waals surface area contributed by atoms with Crippen LogP contribution in [0.5, 0.6) is 0 Å². The second kappa shape index (κ2) is 47.7. The summed E-state index contributed by atoms with van der Waals surface area (Å²) in [7, 11) is 0. The van der Waals surface area contributed by atoms with Gasteiger partial charge in [0.1, 0.15) is 13.2 Å². The molecule has 0 saturated heterocycles. The first-order valence-electron chi connectivity index (χ1n) is 23.1. The molecule has 0 bridgehead atoms. The largest absolute Gasteiger partial charge is 0.462 e. The first-order chi connectivity index (χ1) is 30.0. The van der Waals surface area contributed by atoms with E-state index in [0.29, 0.717) is 19.3 Å². The molecule has 336 valence electrons. The molecule has 0 aliphatic carbocycles. The van der Waals surface area contributed by atoms with Gasteiger partial charge in [-0.2, -0.15) is 0 Å². The van der Waals surface area contributed by atoms with Crippen LogP contribution in [0.15, 0.2) is 158 Å². The van der Waals surface area contributed by atoms with E-state index >= 15 is 0 Å².